The first-order valence-electron chi connectivity index (χ1n) is 9.16. The van der Waals surface area contributed by atoms with Crippen LogP contribution in [0.25, 0.3) is 0 Å². The van der Waals surface area contributed by atoms with E-state index in [2.05, 4.69) is 46.8 Å². The molecule has 1 aromatic rings. The van der Waals surface area contributed by atoms with Crippen LogP contribution in [0.2, 0.25) is 0 Å². The summed E-state index contributed by atoms with van der Waals surface area (Å²) in [5.74, 6) is 2.62. The lowest BCUT2D eigenvalue weighted by Gasteiger charge is -2.30. The lowest BCUT2D eigenvalue weighted by Crippen LogP contribution is -2.47. The molecule has 148 valence electrons. The largest absolute Gasteiger partial charge is 0.356 e. The van der Waals surface area contributed by atoms with E-state index in [0.29, 0.717) is 11.3 Å². The summed E-state index contributed by atoms with van der Waals surface area (Å²) in [5, 5.41) is 7.25. The fourth-order valence-electron chi connectivity index (χ4n) is 3.11. The molecule has 1 aliphatic carbocycles. The molecule has 0 aliphatic heterocycles. The highest BCUT2D eigenvalue weighted by molar-refractivity contribution is 14.0. The fourth-order valence-corrected chi connectivity index (χ4v) is 5.23. The number of guanidine groups is 1. The molecule has 3 unspecified atom stereocenters. The average molecular weight is 510 g/mol. The number of nitrogens with zero attached hydrogens (tertiary/aromatic N) is 1. The van der Waals surface area contributed by atoms with Crippen LogP contribution in [0.3, 0.4) is 0 Å². The van der Waals surface area contributed by atoms with Crippen molar-refractivity contribution in [2.75, 3.05) is 25.1 Å². The molecule has 2 rings (SSSR count). The van der Waals surface area contributed by atoms with Gasteiger partial charge in [0.2, 0.25) is 0 Å². The second-order valence-corrected chi connectivity index (χ2v) is 9.63. The summed E-state index contributed by atoms with van der Waals surface area (Å²) in [6, 6.07) is 9.02. The molecule has 0 amide bonds. The second-order valence-electron chi connectivity index (χ2n) is 6.46. The molecular formula is C19H32IN3OS2. The molecular weight excluding hydrogens is 477 g/mol. The van der Waals surface area contributed by atoms with Crippen molar-refractivity contribution in [3.8, 4) is 0 Å². The molecule has 1 aromatic carbocycles. The maximum absolute atomic E-state index is 12.1. The van der Waals surface area contributed by atoms with Gasteiger partial charge >= 0.3 is 0 Å². The molecule has 1 aliphatic rings. The van der Waals surface area contributed by atoms with Crippen molar-refractivity contribution in [3.63, 3.8) is 0 Å². The molecule has 0 saturated heterocycles. The van der Waals surface area contributed by atoms with Gasteiger partial charge in [0.1, 0.15) is 0 Å². The lowest BCUT2D eigenvalue weighted by molar-refractivity contribution is 0.414. The van der Waals surface area contributed by atoms with Gasteiger partial charge in [-0.2, -0.15) is 0 Å². The van der Waals surface area contributed by atoms with Crippen molar-refractivity contribution in [1.29, 1.82) is 0 Å². The van der Waals surface area contributed by atoms with E-state index in [4.69, 9.17) is 0 Å². The number of benzene rings is 1. The van der Waals surface area contributed by atoms with E-state index in [1.807, 2.05) is 25.7 Å². The van der Waals surface area contributed by atoms with Gasteiger partial charge in [-0.05, 0) is 38.3 Å². The van der Waals surface area contributed by atoms with E-state index < -0.39 is 10.8 Å². The van der Waals surface area contributed by atoms with Crippen LogP contribution in [-0.4, -0.2) is 46.6 Å². The molecule has 1 fully saturated rings. The monoisotopic (exact) mass is 509 g/mol. The Hall–Kier alpha value is -0.280. The van der Waals surface area contributed by atoms with Crippen molar-refractivity contribution in [2.45, 2.75) is 55.7 Å². The minimum absolute atomic E-state index is 0. The zero-order chi connectivity index (χ0) is 18.1. The van der Waals surface area contributed by atoms with Crippen molar-refractivity contribution in [3.05, 3.63) is 29.8 Å². The van der Waals surface area contributed by atoms with Crippen molar-refractivity contribution in [1.82, 2.24) is 10.6 Å². The van der Waals surface area contributed by atoms with Crippen LogP contribution in [0.5, 0.6) is 0 Å². The highest BCUT2D eigenvalue weighted by Gasteiger charge is 2.25. The van der Waals surface area contributed by atoms with Crippen LogP contribution in [0.4, 0.5) is 0 Å². The number of thioether (sulfide) groups is 1. The first-order valence-corrected chi connectivity index (χ1v) is 11.5. The fraction of sp³-hybridized carbons (Fsp3) is 0.632. The first-order chi connectivity index (χ1) is 12.1. The number of hydrogen-bond acceptors (Lipinski definition) is 3. The Bertz CT molecular complexity index is 581. The van der Waals surface area contributed by atoms with Gasteiger partial charge in [-0.25, -0.2) is 0 Å². The standard InChI is InChI=1S/C19H31N3OS2.HI/c1-4-25(23)18-7-5-6-16(14-18)22-19(20-3)21-12-13-24-17-10-8-15(2)9-11-17;/h8-11,16,18H,4-7,12-14H2,1-3H3,(H2,20,21,22);1H. The molecule has 0 heterocycles. The summed E-state index contributed by atoms with van der Waals surface area (Å²) < 4.78 is 12.1. The van der Waals surface area contributed by atoms with Crippen LogP contribution in [0.1, 0.15) is 38.2 Å². The van der Waals surface area contributed by atoms with E-state index in [1.165, 1.54) is 10.5 Å². The van der Waals surface area contributed by atoms with Gasteiger partial charge in [0, 0.05) is 52.1 Å². The Morgan fingerprint density at radius 3 is 2.69 bits per heavy atom. The predicted octanol–water partition coefficient (Wildman–Crippen LogP) is 3.95. The summed E-state index contributed by atoms with van der Waals surface area (Å²) >= 11 is 1.85. The molecule has 7 heteroatoms. The summed E-state index contributed by atoms with van der Waals surface area (Å²) in [6.45, 7) is 4.99. The van der Waals surface area contributed by atoms with E-state index in [1.54, 1.807) is 0 Å². The van der Waals surface area contributed by atoms with E-state index >= 15 is 0 Å². The molecule has 0 bridgehead atoms. The summed E-state index contributed by atoms with van der Waals surface area (Å²) in [4.78, 5) is 5.64. The van der Waals surface area contributed by atoms with Gasteiger partial charge in [-0.1, -0.05) is 31.0 Å². The summed E-state index contributed by atoms with van der Waals surface area (Å²) in [6.07, 6.45) is 4.36. The van der Waals surface area contributed by atoms with Crippen LogP contribution in [0, 0.1) is 6.92 Å². The third-order valence-corrected chi connectivity index (χ3v) is 7.29. The number of rotatable bonds is 7. The lowest BCUT2D eigenvalue weighted by atomic mass is 9.95. The van der Waals surface area contributed by atoms with Gasteiger partial charge < -0.3 is 10.6 Å². The molecule has 0 spiro atoms. The molecule has 0 aromatic heterocycles. The Balaban J connectivity index is 0.00000338. The van der Waals surface area contributed by atoms with Crippen LogP contribution in [-0.2, 0) is 10.8 Å². The average Bonchev–Trinajstić information content (AvgIpc) is 2.65. The Morgan fingerprint density at radius 2 is 2.04 bits per heavy atom. The zero-order valence-corrected chi connectivity index (χ0v) is 20.0. The maximum atomic E-state index is 12.1. The molecule has 26 heavy (non-hydrogen) atoms. The smallest absolute Gasteiger partial charge is 0.191 e. The Morgan fingerprint density at radius 1 is 1.31 bits per heavy atom. The van der Waals surface area contributed by atoms with Gasteiger partial charge in [-0.3, -0.25) is 9.20 Å². The number of halogens is 1. The zero-order valence-electron chi connectivity index (χ0n) is 16.0. The Labute approximate surface area is 182 Å². The van der Waals surface area contributed by atoms with E-state index in [-0.39, 0.29) is 24.0 Å². The van der Waals surface area contributed by atoms with Crippen LogP contribution in [0.15, 0.2) is 34.2 Å². The van der Waals surface area contributed by atoms with Gasteiger partial charge in [0.05, 0.1) is 0 Å². The topological polar surface area (TPSA) is 53.5 Å². The van der Waals surface area contributed by atoms with Gasteiger partial charge in [0.15, 0.2) is 5.96 Å². The quantitative estimate of drug-likeness (QED) is 0.192. The predicted molar refractivity (Wildman–Crippen MR) is 127 cm³/mol. The van der Waals surface area contributed by atoms with Crippen molar-refractivity contribution in [2.24, 2.45) is 4.99 Å². The third-order valence-electron chi connectivity index (χ3n) is 4.53. The summed E-state index contributed by atoms with van der Waals surface area (Å²) in [7, 11) is 1.13. The normalized spacial score (nSPS) is 21.6. The number of aryl methyl sites for hydroxylation is 1. The van der Waals surface area contributed by atoms with Gasteiger partial charge in [-0.15, -0.1) is 35.7 Å². The van der Waals surface area contributed by atoms with E-state index in [0.717, 1.165) is 49.7 Å². The highest BCUT2D eigenvalue weighted by atomic mass is 127. The van der Waals surface area contributed by atoms with Crippen molar-refractivity contribution < 1.29 is 4.21 Å². The maximum Gasteiger partial charge on any atom is 0.191 e. The Kier molecular flexibility index (Phi) is 11.9. The highest BCUT2D eigenvalue weighted by Crippen LogP contribution is 2.23. The number of aliphatic imine (C=N–C) groups is 1. The van der Waals surface area contributed by atoms with Crippen LogP contribution < -0.4 is 10.6 Å². The molecule has 1 saturated carbocycles. The molecule has 3 atom stereocenters. The van der Waals surface area contributed by atoms with E-state index in [9.17, 15) is 4.21 Å². The minimum atomic E-state index is -0.684. The number of nitrogens with one attached hydrogen (secondary N) is 2. The SMILES string of the molecule is CCS(=O)C1CCCC(NC(=NC)NCCSc2ccc(C)cc2)C1.I. The number of hydrogen-bond donors (Lipinski definition) is 2. The van der Waals surface area contributed by atoms with Crippen molar-refractivity contribution >= 4 is 52.5 Å². The molecule has 4 nitrogen and oxygen atoms in total. The van der Waals surface area contributed by atoms with Crippen LogP contribution >= 0.6 is 35.7 Å². The second kappa shape index (κ2) is 13.0. The third kappa shape index (κ3) is 8.17. The van der Waals surface area contributed by atoms with Gasteiger partial charge in [0.25, 0.3) is 0 Å². The molecule has 0 radical (unpaired) electrons. The molecule has 2 N–H and O–H groups in total. The summed E-state index contributed by atoms with van der Waals surface area (Å²) in [5.41, 5.74) is 1.29. The minimum Gasteiger partial charge on any atom is -0.356 e. The first kappa shape index (κ1) is 23.8.